The molecular weight excluding hydrogens is 391 g/mol. The van der Waals surface area contributed by atoms with E-state index in [9.17, 15) is 18.0 Å². The van der Waals surface area contributed by atoms with Gasteiger partial charge in [0.05, 0.1) is 12.1 Å². The van der Waals surface area contributed by atoms with E-state index in [1.54, 1.807) is 13.0 Å². The van der Waals surface area contributed by atoms with Gasteiger partial charge in [-0.25, -0.2) is 0 Å². The summed E-state index contributed by atoms with van der Waals surface area (Å²) in [4.78, 5) is 11.9. The molecule has 3 N–H and O–H groups in total. The molecule has 1 aliphatic rings. The molecular formula is C23H34F3N3O. The van der Waals surface area contributed by atoms with Gasteiger partial charge in [0.1, 0.15) is 0 Å². The third kappa shape index (κ3) is 7.67. The number of alkyl halides is 3. The summed E-state index contributed by atoms with van der Waals surface area (Å²) in [7, 11) is 0. The molecule has 0 heterocycles. The highest BCUT2D eigenvalue weighted by molar-refractivity contribution is 5.78. The second-order valence-electron chi connectivity index (χ2n) is 8.42. The van der Waals surface area contributed by atoms with E-state index < -0.39 is 11.7 Å². The molecule has 1 unspecified atom stereocenters. The molecule has 1 aromatic rings. The van der Waals surface area contributed by atoms with Crippen LogP contribution in [0.4, 0.5) is 13.2 Å². The lowest BCUT2D eigenvalue weighted by Gasteiger charge is -2.30. The smallest absolute Gasteiger partial charge is 0.385 e. The van der Waals surface area contributed by atoms with Gasteiger partial charge in [0.25, 0.3) is 0 Å². The first-order valence-electron chi connectivity index (χ1n) is 10.7. The van der Waals surface area contributed by atoms with E-state index in [0.29, 0.717) is 41.9 Å². The van der Waals surface area contributed by atoms with E-state index in [4.69, 9.17) is 0 Å². The molecule has 0 aliphatic heterocycles. The van der Waals surface area contributed by atoms with Crippen molar-refractivity contribution >= 4 is 11.6 Å². The predicted octanol–water partition coefficient (Wildman–Crippen LogP) is 4.64. The minimum absolute atomic E-state index is 0.0285. The number of aryl methyl sites for hydroxylation is 1. The number of benzene rings is 1. The summed E-state index contributed by atoms with van der Waals surface area (Å²) >= 11 is 0. The van der Waals surface area contributed by atoms with E-state index in [-0.39, 0.29) is 11.9 Å². The fraction of sp³-hybridized carbons (Fsp3) is 0.609. The first-order valence-corrected chi connectivity index (χ1v) is 10.7. The Balaban J connectivity index is 1.75. The van der Waals surface area contributed by atoms with Crippen molar-refractivity contribution < 1.29 is 18.0 Å². The largest absolute Gasteiger partial charge is 0.416 e. The van der Waals surface area contributed by atoms with Gasteiger partial charge in [-0.2, -0.15) is 13.2 Å². The lowest BCUT2D eigenvalue weighted by atomic mass is 9.86. The standard InChI is InChI=1S/C23H34F3N3O/c1-5-16(3)29-22(30)14-28-21-8-6-18(7-9-21)13-27-17(4)19-10-15(2)11-20(12-19)23(24,25)26/h10-12,16,18,21,27-28H,4-9,13-14H2,1-3H3,(H,29,30). The summed E-state index contributed by atoms with van der Waals surface area (Å²) in [6.07, 6.45) is 0.530. The number of carbonyl (C=O) groups excluding carboxylic acids is 1. The molecule has 1 atom stereocenters. The Morgan fingerprint density at radius 3 is 2.47 bits per heavy atom. The van der Waals surface area contributed by atoms with Crippen molar-refractivity contribution in [3.05, 3.63) is 41.5 Å². The van der Waals surface area contributed by atoms with Crippen LogP contribution in [0.5, 0.6) is 0 Å². The number of hydrogen-bond acceptors (Lipinski definition) is 3. The molecule has 0 aromatic heterocycles. The van der Waals surface area contributed by atoms with Gasteiger partial charge in [-0.1, -0.05) is 13.5 Å². The maximum absolute atomic E-state index is 13.0. The number of halogens is 3. The van der Waals surface area contributed by atoms with Crippen molar-refractivity contribution in [2.24, 2.45) is 5.92 Å². The SMILES string of the molecule is C=C(NCC1CCC(NCC(=O)NC(C)CC)CC1)c1cc(C)cc(C(F)(F)F)c1. The van der Waals surface area contributed by atoms with Crippen molar-refractivity contribution in [1.29, 1.82) is 0 Å². The summed E-state index contributed by atoms with van der Waals surface area (Å²) in [6.45, 7) is 10.6. The Morgan fingerprint density at radius 2 is 1.87 bits per heavy atom. The minimum atomic E-state index is -4.36. The molecule has 0 radical (unpaired) electrons. The molecule has 7 heteroatoms. The van der Waals surface area contributed by atoms with Crippen molar-refractivity contribution in [3.63, 3.8) is 0 Å². The van der Waals surface area contributed by atoms with Crippen LogP contribution in [-0.2, 0) is 11.0 Å². The second-order valence-corrected chi connectivity index (χ2v) is 8.42. The van der Waals surface area contributed by atoms with Crippen LogP contribution in [0, 0.1) is 12.8 Å². The Morgan fingerprint density at radius 1 is 1.20 bits per heavy atom. The van der Waals surface area contributed by atoms with Gasteiger partial charge in [-0.15, -0.1) is 0 Å². The van der Waals surface area contributed by atoms with Crippen LogP contribution >= 0.6 is 0 Å². The molecule has 2 rings (SSSR count). The number of hydrogen-bond donors (Lipinski definition) is 3. The van der Waals surface area contributed by atoms with Crippen molar-refractivity contribution in [3.8, 4) is 0 Å². The van der Waals surface area contributed by atoms with Crippen molar-refractivity contribution in [1.82, 2.24) is 16.0 Å². The minimum Gasteiger partial charge on any atom is -0.385 e. The monoisotopic (exact) mass is 425 g/mol. The fourth-order valence-corrected chi connectivity index (χ4v) is 3.73. The Kier molecular flexibility index (Phi) is 8.77. The van der Waals surface area contributed by atoms with Crippen LogP contribution in [0.15, 0.2) is 24.8 Å². The summed E-state index contributed by atoms with van der Waals surface area (Å²) < 4.78 is 39.1. The zero-order valence-electron chi connectivity index (χ0n) is 18.2. The normalized spacial score (nSPS) is 20.5. The molecule has 0 bridgehead atoms. The van der Waals surface area contributed by atoms with Crippen LogP contribution in [0.25, 0.3) is 5.70 Å². The van der Waals surface area contributed by atoms with E-state index in [2.05, 4.69) is 22.5 Å². The lowest BCUT2D eigenvalue weighted by molar-refractivity contribution is -0.137. The third-order valence-electron chi connectivity index (χ3n) is 5.78. The topological polar surface area (TPSA) is 53.2 Å². The summed E-state index contributed by atoms with van der Waals surface area (Å²) in [6, 6.07) is 4.53. The molecule has 1 aliphatic carbocycles. The lowest BCUT2D eigenvalue weighted by Crippen LogP contribution is -2.43. The predicted molar refractivity (Wildman–Crippen MR) is 115 cm³/mol. The molecule has 1 amide bonds. The van der Waals surface area contributed by atoms with Crippen LogP contribution in [-0.4, -0.2) is 31.1 Å². The summed E-state index contributed by atoms with van der Waals surface area (Å²) in [5.74, 6) is 0.474. The highest BCUT2D eigenvalue weighted by Gasteiger charge is 2.31. The van der Waals surface area contributed by atoms with Crippen LogP contribution < -0.4 is 16.0 Å². The number of carbonyl (C=O) groups is 1. The zero-order chi connectivity index (χ0) is 22.3. The molecule has 4 nitrogen and oxygen atoms in total. The Hall–Kier alpha value is -2.02. The van der Waals surface area contributed by atoms with E-state index in [0.717, 1.165) is 44.2 Å². The van der Waals surface area contributed by atoms with Crippen LogP contribution in [0.1, 0.15) is 62.6 Å². The van der Waals surface area contributed by atoms with Crippen molar-refractivity contribution in [2.45, 2.75) is 71.1 Å². The van der Waals surface area contributed by atoms with Gasteiger partial charge in [0.15, 0.2) is 0 Å². The molecule has 1 fully saturated rings. The zero-order valence-corrected chi connectivity index (χ0v) is 18.2. The summed E-state index contributed by atoms with van der Waals surface area (Å²) in [5.41, 5.74) is 0.910. The highest BCUT2D eigenvalue weighted by Crippen LogP contribution is 2.32. The Bertz CT molecular complexity index is 725. The molecule has 0 spiro atoms. The van der Waals surface area contributed by atoms with Gasteiger partial charge in [-0.3, -0.25) is 4.79 Å². The van der Waals surface area contributed by atoms with Gasteiger partial charge in [0, 0.05) is 24.3 Å². The average molecular weight is 426 g/mol. The van der Waals surface area contributed by atoms with E-state index >= 15 is 0 Å². The summed E-state index contributed by atoms with van der Waals surface area (Å²) in [5, 5.41) is 9.51. The van der Waals surface area contributed by atoms with Crippen LogP contribution in [0.2, 0.25) is 0 Å². The van der Waals surface area contributed by atoms with E-state index in [1.165, 1.54) is 0 Å². The highest BCUT2D eigenvalue weighted by atomic mass is 19.4. The maximum atomic E-state index is 13.0. The van der Waals surface area contributed by atoms with Gasteiger partial charge in [0.2, 0.25) is 5.91 Å². The molecule has 0 saturated heterocycles. The number of rotatable bonds is 9. The first-order chi connectivity index (χ1) is 14.1. The van der Waals surface area contributed by atoms with Gasteiger partial charge in [-0.05, 0) is 81.2 Å². The van der Waals surface area contributed by atoms with Gasteiger partial charge >= 0.3 is 6.18 Å². The quantitative estimate of drug-likeness (QED) is 0.540. The number of nitrogens with one attached hydrogen (secondary N) is 3. The first kappa shape index (κ1) is 24.3. The maximum Gasteiger partial charge on any atom is 0.416 e. The number of amides is 1. The Labute approximate surface area is 177 Å². The molecule has 1 aromatic carbocycles. The molecule has 1 saturated carbocycles. The molecule has 30 heavy (non-hydrogen) atoms. The van der Waals surface area contributed by atoms with Crippen molar-refractivity contribution in [2.75, 3.05) is 13.1 Å². The third-order valence-corrected chi connectivity index (χ3v) is 5.78. The van der Waals surface area contributed by atoms with E-state index in [1.807, 2.05) is 13.8 Å². The second kappa shape index (κ2) is 10.8. The van der Waals surface area contributed by atoms with Gasteiger partial charge < -0.3 is 16.0 Å². The van der Waals surface area contributed by atoms with Crippen LogP contribution in [0.3, 0.4) is 0 Å². The average Bonchev–Trinajstić information content (AvgIpc) is 2.70. The molecule has 168 valence electrons. The fourth-order valence-electron chi connectivity index (χ4n) is 3.73.